The van der Waals surface area contributed by atoms with Crippen molar-refractivity contribution in [1.29, 1.82) is 0 Å². The number of carbonyl (C=O) groups excluding carboxylic acids is 1. The number of hydrogen-bond acceptors (Lipinski definition) is 3. The number of benzene rings is 1. The lowest BCUT2D eigenvalue weighted by Crippen LogP contribution is -2.38. The SMILES string of the molecule is Cc1ccc(Cl)cc1C1CCN(OC(=O)C(C)(C)C)CC1. The fourth-order valence-electron chi connectivity index (χ4n) is 2.56. The van der Waals surface area contributed by atoms with Crippen LogP contribution >= 0.6 is 11.6 Å². The van der Waals surface area contributed by atoms with E-state index in [0.29, 0.717) is 5.92 Å². The van der Waals surface area contributed by atoms with Crippen molar-refractivity contribution in [2.45, 2.75) is 46.5 Å². The fourth-order valence-corrected chi connectivity index (χ4v) is 2.74. The van der Waals surface area contributed by atoms with Crippen molar-refractivity contribution in [3.63, 3.8) is 0 Å². The standard InChI is InChI=1S/C17H24ClNO2/c1-12-5-6-14(18)11-15(12)13-7-9-19(10-8-13)21-16(20)17(2,3)4/h5-6,11,13H,7-10H2,1-4H3. The van der Waals surface area contributed by atoms with Crippen LogP contribution < -0.4 is 0 Å². The van der Waals surface area contributed by atoms with E-state index in [9.17, 15) is 4.79 Å². The molecule has 4 heteroatoms. The minimum atomic E-state index is -0.458. The van der Waals surface area contributed by atoms with Crippen LogP contribution in [0.4, 0.5) is 0 Å². The maximum absolute atomic E-state index is 11.9. The Morgan fingerprint density at radius 2 is 1.90 bits per heavy atom. The third-order valence-corrected chi connectivity index (χ3v) is 4.19. The van der Waals surface area contributed by atoms with Crippen molar-refractivity contribution in [2.24, 2.45) is 5.41 Å². The molecular formula is C17H24ClNO2. The van der Waals surface area contributed by atoms with Crippen LogP contribution in [0.25, 0.3) is 0 Å². The predicted molar refractivity (Wildman–Crippen MR) is 85.3 cm³/mol. The van der Waals surface area contributed by atoms with Gasteiger partial charge in [-0.3, -0.25) is 0 Å². The molecule has 1 aromatic carbocycles. The summed E-state index contributed by atoms with van der Waals surface area (Å²) >= 11 is 6.10. The van der Waals surface area contributed by atoms with Gasteiger partial charge in [0.1, 0.15) is 0 Å². The topological polar surface area (TPSA) is 29.5 Å². The van der Waals surface area contributed by atoms with Crippen LogP contribution in [0.2, 0.25) is 5.02 Å². The van der Waals surface area contributed by atoms with Gasteiger partial charge in [-0.2, -0.15) is 0 Å². The number of halogens is 1. The Balaban J connectivity index is 1.94. The predicted octanol–water partition coefficient (Wildman–Crippen LogP) is 4.33. The molecule has 0 N–H and O–H groups in total. The Labute approximate surface area is 132 Å². The number of aryl methyl sites for hydroxylation is 1. The van der Waals surface area contributed by atoms with Gasteiger partial charge in [0, 0.05) is 18.1 Å². The van der Waals surface area contributed by atoms with E-state index < -0.39 is 5.41 Å². The second-order valence-electron chi connectivity index (χ2n) is 6.83. The van der Waals surface area contributed by atoms with Crippen LogP contribution in [-0.2, 0) is 9.63 Å². The van der Waals surface area contributed by atoms with Crippen molar-refractivity contribution in [3.8, 4) is 0 Å². The van der Waals surface area contributed by atoms with Gasteiger partial charge in [0.2, 0.25) is 0 Å². The molecule has 0 saturated carbocycles. The quantitative estimate of drug-likeness (QED) is 0.814. The van der Waals surface area contributed by atoms with E-state index in [1.165, 1.54) is 11.1 Å². The second kappa shape index (κ2) is 6.37. The van der Waals surface area contributed by atoms with Crippen LogP contribution in [0, 0.1) is 12.3 Å². The third-order valence-electron chi connectivity index (χ3n) is 3.96. The summed E-state index contributed by atoms with van der Waals surface area (Å²) in [6, 6.07) is 6.07. The van der Waals surface area contributed by atoms with E-state index >= 15 is 0 Å². The first-order valence-corrected chi connectivity index (χ1v) is 7.88. The molecule has 3 nitrogen and oxygen atoms in total. The zero-order valence-corrected chi connectivity index (χ0v) is 14.0. The number of carbonyl (C=O) groups is 1. The Morgan fingerprint density at radius 1 is 1.29 bits per heavy atom. The molecule has 0 amide bonds. The van der Waals surface area contributed by atoms with Crippen molar-refractivity contribution >= 4 is 17.6 Å². The lowest BCUT2D eigenvalue weighted by Gasteiger charge is -2.32. The third kappa shape index (κ3) is 4.21. The van der Waals surface area contributed by atoms with Crippen molar-refractivity contribution < 1.29 is 9.63 Å². The number of nitrogens with zero attached hydrogens (tertiary/aromatic N) is 1. The van der Waals surface area contributed by atoms with Gasteiger partial charge in [-0.15, -0.1) is 5.06 Å². The van der Waals surface area contributed by atoms with E-state index in [1.807, 2.05) is 26.8 Å². The molecule has 0 spiro atoms. The summed E-state index contributed by atoms with van der Waals surface area (Å²) in [5.74, 6) is 0.327. The highest BCUT2D eigenvalue weighted by Gasteiger charge is 2.29. The largest absolute Gasteiger partial charge is 0.367 e. The first-order valence-electron chi connectivity index (χ1n) is 7.51. The maximum Gasteiger partial charge on any atom is 0.330 e. The van der Waals surface area contributed by atoms with E-state index in [2.05, 4.69) is 19.1 Å². The minimum Gasteiger partial charge on any atom is -0.367 e. The fraction of sp³-hybridized carbons (Fsp3) is 0.588. The van der Waals surface area contributed by atoms with E-state index in [1.54, 1.807) is 5.06 Å². The van der Waals surface area contributed by atoms with Crippen LogP contribution in [0.15, 0.2) is 18.2 Å². The highest BCUT2D eigenvalue weighted by molar-refractivity contribution is 6.30. The van der Waals surface area contributed by atoms with Crippen molar-refractivity contribution in [2.75, 3.05) is 13.1 Å². The Kier molecular flexibility index (Phi) is 4.95. The maximum atomic E-state index is 11.9. The molecule has 1 aliphatic rings. The molecule has 0 atom stereocenters. The Morgan fingerprint density at radius 3 is 2.48 bits per heavy atom. The van der Waals surface area contributed by atoms with Crippen LogP contribution in [-0.4, -0.2) is 24.1 Å². The molecule has 0 aromatic heterocycles. The van der Waals surface area contributed by atoms with Gasteiger partial charge < -0.3 is 4.84 Å². The van der Waals surface area contributed by atoms with Gasteiger partial charge in [-0.25, -0.2) is 4.79 Å². The smallest absolute Gasteiger partial charge is 0.330 e. The monoisotopic (exact) mass is 309 g/mol. The normalized spacial score (nSPS) is 17.8. The molecule has 1 saturated heterocycles. The van der Waals surface area contributed by atoms with Crippen molar-refractivity contribution in [3.05, 3.63) is 34.3 Å². The van der Waals surface area contributed by atoms with Gasteiger partial charge in [0.05, 0.1) is 5.41 Å². The summed E-state index contributed by atoms with van der Waals surface area (Å²) in [5.41, 5.74) is 2.15. The van der Waals surface area contributed by atoms with Crippen LogP contribution in [0.5, 0.6) is 0 Å². The molecule has 2 rings (SSSR count). The van der Waals surface area contributed by atoms with Gasteiger partial charge in [-0.05, 0) is 69.7 Å². The highest BCUT2D eigenvalue weighted by atomic mass is 35.5. The summed E-state index contributed by atoms with van der Waals surface area (Å²) in [6.45, 7) is 9.29. The number of hydrogen-bond donors (Lipinski definition) is 0. The van der Waals surface area contributed by atoms with E-state index in [-0.39, 0.29) is 5.97 Å². The summed E-state index contributed by atoms with van der Waals surface area (Å²) in [5, 5.41) is 2.58. The van der Waals surface area contributed by atoms with E-state index in [0.717, 1.165) is 31.0 Å². The summed E-state index contributed by atoms with van der Waals surface area (Å²) < 4.78 is 0. The molecule has 21 heavy (non-hydrogen) atoms. The zero-order chi connectivity index (χ0) is 15.6. The number of piperidine rings is 1. The molecule has 1 aliphatic heterocycles. The van der Waals surface area contributed by atoms with Gasteiger partial charge in [0.15, 0.2) is 0 Å². The summed E-state index contributed by atoms with van der Waals surface area (Å²) in [6.07, 6.45) is 1.97. The number of hydroxylamine groups is 2. The van der Waals surface area contributed by atoms with Crippen LogP contribution in [0.1, 0.15) is 50.7 Å². The van der Waals surface area contributed by atoms with Gasteiger partial charge in [0.25, 0.3) is 0 Å². The molecule has 0 radical (unpaired) electrons. The van der Waals surface area contributed by atoms with E-state index in [4.69, 9.17) is 16.4 Å². The second-order valence-corrected chi connectivity index (χ2v) is 7.27. The Bertz CT molecular complexity index is 514. The average Bonchev–Trinajstić information content (AvgIpc) is 2.41. The minimum absolute atomic E-state index is 0.167. The average molecular weight is 310 g/mol. The molecule has 116 valence electrons. The first-order chi connectivity index (χ1) is 9.77. The molecule has 1 aromatic rings. The molecule has 1 heterocycles. The molecule has 0 aliphatic carbocycles. The molecular weight excluding hydrogens is 286 g/mol. The lowest BCUT2D eigenvalue weighted by molar-refractivity contribution is -0.204. The van der Waals surface area contributed by atoms with Gasteiger partial charge >= 0.3 is 5.97 Å². The Hall–Kier alpha value is -1.06. The zero-order valence-electron chi connectivity index (χ0n) is 13.3. The summed E-state index contributed by atoms with van der Waals surface area (Å²) in [7, 11) is 0. The highest BCUT2D eigenvalue weighted by Crippen LogP contribution is 2.32. The lowest BCUT2D eigenvalue weighted by atomic mass is 9.87. The number of rotatable bonds is 2. The molecule has 0 bridgehead atoms. The summed E-state index contributed by atoms with van der Waals surface area (Å²) in [4.78, 5) is 17.4. The van der Waals surface area contributed by atoms with Crippen molar-refractivity contribution in [1.82, 2.24) is 5.06 Å². The van der Waals surface area contributed by atoms with Gasteiger partial charge in [-0.1, -0.05) is 17.7 Å². The molecule has 1 fully saturated rings. The van der Waals surface area contributed by atoms with Crippen LogP contribution in [0.3, 0.4) is 0 Å². The first kappa shape index (κ1) is 16.3. The molecule has 0 unspecified atom stereocenters.